The van der Waals surface area contributed by atoms with Crippen LogP contribution in [0.2, 0.25) is 0 Å². The molecule has 0 radical (unpaired) electrons. The largest absolute Gasteiger partial charge is 0.491 e. The van der Waals surface area contributed by atoms with E-state index in [1.54, 1.807) is 0 Å². The molecule has 1 heterocycles. The number of rotatable bonds is 1. The third-order valence-corrected chi connectivity index (χ3v) is 2.17. The maximum Gasteiger partial charge on any atom is 0.491 e. The molecule has 0 aliphatic carbocycles. The van der Waals surface area contributed by atoms with E-state index in [2.05, 4.69) is 0 Å². The second kappa shape index (κ2) is 3.36. The molecule has 0 atom stereocenters. The van der Waals surface area contributed by atoms with Gasteiger partial charge in [-0.15, -0.1) is 0 Å². The van der Waals surface area contributed by atoms with Gasteiger partial charge in [-0.1, -0.05) is 35.9 Å². The van der Waals surface area contributed by atoms with E-state index in [0.29, 0.717) is 6.61 Å². The van der Waals surface area contributed by atoms with Crippen LogP contribution >= 0.6 is 0 Å². The number of hydrogen-bond donors (Lipinski definition) is 1. The van der Waals surface area contributed by atoms with Gasteiger partial charge in [0, 0.05) is 0 Å². The van der Waals surface area contributed by atoms with Crippen molar-refractivity contribution in [2.45, 2.75) is 6.92 Å². The first-order valence-electron chi connectivity index (χ1n) is 4.34. The van der Waals surface area contributed by atoms with Gasteiger partial charge in [0.15, 0.2) is 0 Å². The molecule has 0 bridgehead atoms. The van der Waals surface area contributed by atoms with Crippen LogP contribution in [0.15, 0.2) is 30.3 Å². The molecule has 0 spiro atoms. The Morgan fingerprint density at radius 1 is 1.46 bits per heavy atom. The SMILES string of the molecule is Cc1cccc(C2=CCOB2O)c1. The fourth-order valence-electron chi connectivity index (χ4n) is 1.50. The highest BCUT2D eigenvalue weighted by molar-refractivity contribution is 6.67. The molecule has 0 unspecified atom stereocenters. The van der Waals surface area contributed by atoms with Gasteiger partial charge < -0.3 is 9.68 Å². The summed E-state index contributed by atoms with van der Waals surface area (Å²) in [5, 5.41) is 9.44. The zero-order valence-corrected chi connectivity index (χ0v) is 7.53. The first-order valence-corrected chi connectivity index (χ1v) is 4.34. The van der Waals surface area contributed by atoms with Gasteiger partial charge in [-0.2, -0.15) is 0 Å². The van der Waals surface area contributed by atoms with Gasteiger partial charge in [-0.25, -0.2) is 0 Å². The Morgan fingerprint density at radius 2 is 2.31 bits per heavy atom. The first kappa shape index (κ1) is 8.54. The van der Waals surface area contributed by atoms with Crippen molar-refractivity contribution in [1.82, 2.24) is 0 Å². The molecule has 3 heteroatoms. The van der Waals surface area contributed by atoms with Crippen LogP contribution in [0.1, 0.15) is 11.1 Å². The van der Waals surface area contributed by atoms with E-state index in [0.717, 1.165) is 11.0 Å². The summed E-state index contributed by atoms with van der Waals surface area (Å²) in [6.45, 7) is 2.54. The Labute approximate surface area is 78.0 Å². The van der Waals surface area contributed by atoms with E-state index in [1.165, 1.54) is 5.56 Å². The Balaban J connectivity index is 2.35. The third-order valence-electron chi connectivity index (χ3n) is 2.17. The maximum atomic E-state index is 9.44. The Kier molecular flexibility index (Phi) is 2.21. The molecule has 0 fully saturated rings. The lowest BCUT2D eigenvalue weighted by atomic mass is 9.76. The lowest BCUT2D eigenvalue weighted by Crippen LogP contribution is -2.14. The lowest BCUT2D eigenvalue weighted by Gasteiger charge is -2.04. The van der Waals surface area contributed by atoms with Crippen molar-refractivity contribution in [2.75, 3.05) is 6.61 Å². The summed E-state index contributed by atoms with van der Waals surface area (Å²) >= 11 is 0. The van der Waals surface area contributed by atoms with Gasteiger partial charge in [0.2, 0.25) is 0 Å². The van der Waals surface area contributed by atoms with Crippen molar-refractivity contribution in [1.29, 1.82) is 0 Å². The Bertz CT molecular complexity index is 347. The molecule has 13 heavy (non-hydrogen) atoms. The molecule has 2 nitrogen and oxygen atoms in total. The van der Waals surface area contributed by atoms with E-state index in [1.807, 2.05) is 37.3 Å². The van der Waals surface area contributed by atoms with E-state index >= 15 is 0 Å². The van der Waals surface area contributed by atoms with Gasteiger partial charge in [0.05, 0.1) is 6.61 Å². The summed E-state index contributed by atoms with van der Waals surface area (Å²) in [7, 11) is -0.748. The summed E-state index contributed by atoms with van der Waals surface area (Å²) < 4.78 is 5.02. The molecule has 66 valence electrons. The van der Waals surface area contributed by atoms with Crippen molar-refractivity contribution in [3.05, 3.63) is 41.5 Å². The lowest BCUT2D eigenvalue weighted by molar-refractivity contribution is 0.316. The molecule has 0 saturated heterocycles. The number of benzene rings is 1. The fourth-order valence-corrected chi connectivity index (χ4v) is 1.50. The van der Waals surface area contributed by atoms with Crippen LogP contribution < -0.4 is 0 Å². The summed E-state index contributed by atoms with van der Waals surface area (Å²) in [6, 6.07) is 8.04. The monoisotopic (exact) mass is 174 g/mol. The zero-order chi connectivity index (χ0) is 9.26. The minimum Gasteiger partial charge on any atom is -0.423 e. The van der Waals surface area contributed by atoms with Crippen LogP contribution in [0.5, 0.6) is 0 Å². The van der Waals surface area contributed by atoms with E-state index in [-0.39, 0.29) is 0 Å². The van der Waals surface area contributed by atoms with Crippen LogP contribution in [-0.2, 0) is 4.65 Å². The Morgan fingerprint density at radius 3 is 2.92 bits per heavy atom. The minimum absolute atomic E-state index is 0.504. The molecular weight excluding hydrogens is 163 g/mol. The smallest absolute Gasteiger partial charge is 0.423 e. The number of aryl methyl sites for hydroxylation is 1. The van der Waals surface area contributed by atoms with Gasteiger partial charge in [-0.05, 0) is 18.0 Å². The maximum absolute atomic E-state index is 9.44. The fraction of sp³-hybridized carbons (Fsp3) is 0.200. The average molecular weight is 174 g/mol. The summed E-state index contributed by atoms with van der Waals surface area (Å²) in [5.41, 5.74) is 3.12. The predicted octanol–water partition coefficient (Wildman–Crippen LogP) is 1.43. The van der Waals surface area contributed by atoms with Crippen molar-refractivity contribution in [3.8, 4) is 0 Å². The standard InChI is InChI=1S/C10H11BO2/c1-8-3-2-4-9(7-8)10-5-6-13-11(10)12/h2-5,7,12H,6H2,1H3. The quantitative estimate of drug-likeness (QED) is 0.652. The van der Waals surface area contributed by atoms with Gasteiger partial charge in [0.25, 0.3) is 0 Å². The van der Waals surface area contributed by atoms with Gasteiger partial charge >= 0.3 is 7.12 Å². The molecule has 1 N–H and O–H groups in total. The van der Waals surface area contributed by atoms with Crippen molar-refractivity contribution < 1.29 is 9.68 Å². The molecule has 1 aromatic rings. The highest BCUT2D eigenvalue weighted by atomic mass is 16.5. The number of hydrogen-bond acceptors (Lipinski definition) is 2. The van der Waals surface area contributed by atoms with E-state index in [9.17, 15) is 5.02 Å². The molecular formula is C10H11BO2. The second-order valence-corrected chi connectivity index (χ2v) is 3.21. The van der Waals surface area contributed by atoms with Crippen molar-refractivity contribution >= 4 is 12.6 Å². The minimum atomic E-state index is -0.748. The van der Waals surface area contributed by atoms with E-state index < -0.39 is 7.12 Å². The zero-order valence-electron chi connectivity index (χ0n) is 7.53. The molecule has 2 rings (SSSR count). The molecule has 0 aromatic heterocycles. The molecule has 0 amide bonds. The van der Waals surface area contributed by atoms with Gasteiger partial charge in [0.1, 0.15) is 0 Å². The summed E-state index contributed by atoms with van der Waals surface area (Å²) in [6.07, 6.45) is 1.92. The normalized spacial score (nSPS) is 16.2. The molecule has 1 aliphatic heterocycles. The van der Waals surface area contributed by atoms with Crippen molar-refractivity contribution in [3.63, 3.8) is 0 Å². The molecule has 1 aliphatic rings. The Hall–Kier alpha value is -1.06. The molecule has 1 aromatic carbocycles. The third kappa shape index (κ3) is 1.66. The van der Waals surface area contributed by atoms with Crippen LogP contribution in [0.4, 0.5) is 0 Å². The summed E-state index contributed by atoms with van der Waals surface area (Å²) in [4.78, 5) is 0. The predicted molar refractivity (Wildman–Crippen MR) is 53.1 cm³/mol. The average Bonchev–Trinajstić information content (AvgIpc) is 2.51. The van der Waals surface area contributed by atoms with E-state index in [4.69, 9.17) is 4.65 Å². The molecule has 0 saturated carbocycles. The first-order chi connectivity index (χ1) is 6.27. The van der Waals surface area contributed by atoms with Crippen LogP contribution in [0.3, 0.4) is 0 Å². The van der Waals surface area contributed by atoms with Crippen molar-refractivity contribution in [2.24, 2.45) is 0 Å². The highest BCUT2D eigenvalue weighted by Gasteiger charge is 2.25. The second-order valence-electron chi connectivity index (χ2n) is 3.21. The van der Waals surface area contributed by atoms with Crippen LogP contribution in [-0.4, -0.2) is 18.7 Å². The van der Waals surface area contributed by atoms with Crippen LogP contribution in [0, 0.1) is 6.92 Å². The van der Waals surface area contributed by atoms with Gasteiger partial charge in [-0.3, -0.25) is 0 Å². The topological polar surface area (TPSA) is 29.5 Å². The highest BCUT2D eigenvalue weighted by Crippen LogP contribution is 2.21. The summed E-state index contributed by atoms with van der Waals surface area (Å²) in [5.74, 6) is 0. The van der Waals surface area contributed by atoms with Crippen LogP contribution in [0.25, 0.3) is 5.47 Å².